The monoisotopic (exact) mass is 348 g/mol. The molecule has 24 heavy (non-hydrogen) atoms. The summed E-state index contributed by atoms with van der Waals surface area (Å²) < 4.78 is 5.69. The van der Waals surface area contributed by atoms with E-state index >= 15 is 0 Å². The van der Waals surface area contributed by atoms with Gasteiger partial charge in [0, 0.05) is 19.1 Å². The Hall–Kier alpha value is -2.19. The number of nitrogens with zero attached hydrogens (tertiary/aromatic N) is 2. The summed E-state index contributed by atoms with van der Waals surface area (Å²) in [7, 11) is 1.37. The van der Waals surface area contributed by atoms with Crippen LogP contribution in [-0.4, -0.2) is 54.5 Å². The van der Waals surface area contributed by atoms with Gasteiger partial charge in [-0.1, -0.05) is 11.3 Å². The summed E-state index contributed by atoms with van der Waals surface area (Å²) in [5.41, 5.74) is 6.62. The number of carbonyl (C=O) groups excluding carboxylic acids is 2. The van der Waals surface area contributed by atoms with E-state index in [0.29, 0.717) is 18.2 Å². The standard InChI is InChI=1S/C16H20N4O3S/c1-23-15(22)10-2-3-12-13(8-10)24-16(19-12)18-11-4-6-20(7-5-11)9-14(17)21/h2-3,8,11H,4-7,9H2,1H3,(H2,17,21)(H,18,19). The average Bonchev–Trinajstić information content (AvgIpc) is 2.96. The Morgan fingerprint density at radius 3 is 2.83 bits per heavy atom. The Morgan fingerprint density at radius 2 is 2.17 bits per heavy atom. The van der Waals surface area contributed by atoms with E-state index < -0.39 is 0 Å². The number of benzene rings is 1. The van der Waals surface area contributed by atoms with E-state index in [9.17, 15) is 9.59 Å². The number of fused-ring (bicyclic) bond motifs is 1. The first-order valence-electron chi connectivity index (χ1n) is 7.81. The molecule has 1 aliphatic rings. The largest absolute Gasteiger partial charge is 0.465 e. The summed E-state index contributed by atoms with van der Waals surface area (Å²) in [4.78, 5) is 29.2. The lowest BCUT2D eigenvalue weighted by atomic mass is 10.1. The van der Waals surface area contributed by atoms with Crippen molar-refractivity contribution in [2.45, 2.75) is 18.9 Å². The maximum atomic E-state index is 11.6. The Kier molecular flexibility index (Phi) is 4.96. The smallest absolute Gasteiger partial charge is 0.337 e. The quantitative estimate of drug-likeness (QED) is 0.794. The van der Waals surface area contributed by atoms with E-state index in [2.05, 4.69) is 15.2 Å². The van der Waals surface area contributed by atoms with Crippen LogP contribution in [0, 0.1) is 0 Å². The highest BCUT2D eigenvalue weighted by atomic mass is 32.1. The van der Waals surface area contributed by atoms with Crippen molar-refractivity contribution in [3.63, 3.8) is 0 Å². The molecular formula is C16H20N4O3S. The van der Waals surface area contributed by atoms with E-state index in [1.165, 1.54) is 18.4 Å². The molecule has 2 heterocycles. The molecule has 8 heteroatoms. The van der Waals surface area contributed by atoms with Gasteiger partial charge < -0.3 is 15.8 Å². The fraction of sp³-hybridized carbons (Fsp3) is 0.438. The van der Waals surface area contributed by atoms with Crippen molar-refractivity contribution in [1.82, 2.24) is 9.88 Å². The van der Waals surface area contributed by atoms with Crippen molar-refractivity contribution in [3.05, 3.63) is 23.8 Å². The summed E-state index contributed by atoms with van der Waals surface area (Å²) in [6.07, 6.45) is 1.88. The van der Waals surface area contributed by atoms with E-state index in [4.69, 9.17) is 10.5 Å². The second kappa shape index (κ2) is 7.14. The number of esters is 1. The van der Waals surface area contributed by atoms with Crippen molar-refractivity contribution in [1.29, 1.82) is 0 Å². The van der Waals surface area contributed by atoms with Crippen LogP contribution in [0.2, 0.25) is 0 Å². The number of aromatic nitrogens is 1. The second-order valence-electron chi connectivity index (χ2n) is 5.85. The lowest BCUT2D eigenvalue weighted by Gasteiger charge is -2.31. The fourth-order valence-electron chi connectivity index (χ4n) is 2.86. The van der Waals surface area contributed by atoms with Gasteiger partial charge in [-0.05, 0) is 31.0 Å². The first-order valence-corrected chi connectivity index (χ1v) is 8.63. The van der Waals surface area contributed by atoms with Gasteiger partial charge in [-0.2, -0.15) is 0 Å². The Labute approximate surface area is 143 Å². The van der Waals surface area contributed by atoms with Crippen LogP contribution in [0.1, 0.15) is 23.2 Å². The molecule has 1 fully saturated rings. The third-order valence-corrected chi connectivity index (χ3v) is 5.05. The fourth-order valence-corrected chi connectivity index (χ4v) is 3.84. The molecule has 1 aliphatic heterocycles. The van der Waals surface area contributed by atoms with Crippen molar-refractivity contribution in [3.8, 4) is 0 Å². The minimum absolute atomic E-state index is 0.283. The predicted molar refractivity (Wildman–Crippen MR) is 93.2 cm³/mol. The van der Waals surface area contributed by atoms with Crippen molar-refractivity contribution in [2.75, 3.05) is 32.1 Å². The van der Waals surface area contributed by atoms with E-state index in [1.54, 1.807) is 12.1 Å². The molecule has 0 atom stereocenters. The number of likely N-dealkylation sites (tertiary alicyclic amines) is 1. The zero-order chi connectivity index (χ0) is 17.1. The Morgan fingerprint density at radius 1 is 1.42 bits per heavy atom. The van der Waals surface area contributed by atoms with Gasteiger partial charge in [-0.3, -0.25) is 9.69 Å². The van der Waals surface area contributed by atoms with Gasteiger partial charge in [0.15, 0.2) is 5.13 Å². The molecule has 0 aliphatic carbocycles. The number of rotatable bonds is 5. The van der Waals surface area contributed by atoms with E-state index in [1.807, 2.05) is 6.07 Å². The molecular weight excluding hydrogens is 328 g/mol. The van der Waals surface area contributed by atoms with Gasteiger partial charge in [0.1, 0.15) is 0 Å². The first kappa shape index (κ1) is 16.7. The van der Waals surface area contributed by atoms with Crippen LogP contribution < -0.4 is 11.1 Å². The lowest BCUT2D eigenvalue weighted by molar-refractivity contribution is -0.119. The van der Waals surface area contributed by atoms with E-state index in [0.717, 1.165) is 41.3 Å². The highest BCUT2D eigenvalue weighted by Crippen LogP contribution is 2.28. The number of methoxy groups -OCH3 is 1. The molecule has 0 bridgehead atoms. The Balaban J connectivity index is 1.64. The maximum absolute atomic E-state index is 11.6. The zero-order valence-corrected chi connectivity index (χ0v) is 14.3. The third-order valence-electron chi connectivity index (χ3n) is 4.10. The van der Waals surface area contributed by atoms with Crippen LogP contribution in [-0.2, 0) is 9.53 Å². The molecule has 1 aromatic carbocycles. The number of carbonyl (C=O) groups is 2. The highest BCUT2D eigenvalue weighted by molar-refractivity contribution is 7.22. The number of nitrogens with two attached hydrogens (primary N) is 1. The SMILES string of the molecule is COC(=O)c1ccc2nc(NC3CCN(CC(N)=O)CC3)sc2c1. The van der Waals surface area contributed by atoms with Gasteiger partial charge >= 0.3 is 5.97 Å². The lowest BCUT2D eigenvalue weighted by Crippen LogP contribution is -2.42. The van der Waals surface area contributed by atoms with Crippen molar-refractivity contribution in [2.24, 2.45) is 5.73 Å². The molecule has 0 radical (unpaired) electrons. The minimum atomic E-state index is -0.346. The molecule has 7 nitrogen and oxygen atoms in total. The molecule has 1 saturated heterocycles. The molecule has 128 valence electrons. The number of thiazole rings is 1. The van der Waals surface area contributed by atoms with Crippen LogP contribution in [0.4, 0.5) is 5.13 Å². The van der Waals surface area contributed by atoms with Gasteiger partial charge in [0.25, 0.3) is 0 Å². The number of primary amides is 1. The predicted octanol–water partition coefficient (Wildman–Crippen LogP) is 1.44. The number of hydrogen-bond acceptors (Lipinski definition) is 7. The summed E-state index contributed by atoms with van der Waals surface area (Å²) >= 11 is 1.53. The van der Waals surface area contributed by atoms with E-state index in [-0.39, 0.29) is 11.9 Å². The number of piperidine rings is 1. The minimum Gasteiger partial charge on any atom is -0.465 e. The van der Waals surface area contributed by atoms with Gasteiger partial charge in [0.05, 0.1) is 29.4 Å². The summed E-state index contributed by atoms with van der Waals surface area (Å²) in [5.74, 6) is -0.629. The molecule has 1 aromatic heterocycles. The molecule has 0 spiro atoms. The molecule has 3 N–H and O–H groups in total. The molecule has 3 rings (SSSR count). The van der Waals surface area contributed by atoms with Crippen LogP contribution in [0.25, 0.3) is 10.2 Å². The van der Waals surface area contributed by atoms with Gasteiger partial charge in [-0.25, -0.2) is 9.78 Å². The van der Waals surface area contributed by atoms with Crippen LogP contribution in [0.5, 0.6) is 0 Å². The zero-order valence-electron chi connectivity index (χ0n) is 13.4. The molecule has 1 amide bonds. The first-order chi connectivity index (χ1) is 11.5. The topological polar surface area (TPSA) is 97.6 Å². The number of ether oxygens (including phenoxy) is 1. The van der Waals surface area contributed by atoms with Crippen molar-refractivity contribution >= 4 is 38.6 Å². The normalized spacial score (nSPS) is 16.2. The van der Waals surface area contributed by atoms with Crippen molar-refractivity contribution < 1.29 is 14.3 Å². The summed E-state index contributed by atoms with van der Waals surface area (Å²) in [6.45, 7) is 2.01. The number of amides is 1. The Bertz CT molecular complexity index is 753. The summed E-state index contributed by atoms with van der Waals surface area (Å²) in [5, 5.41) is 4.30. The van der Waals surface area contributed by atoms with Crippen LogP contribution in [0.3, 0.4) is 0 Å². The van der Waals surface area contributed by atoms with Crippen LogP contribution >= 0.6 is 11.3 Å². The number of hydrogen-bond donors (Lipinski definition) is 2. The number of anilines is 1. The second-order valence-corrected chi connectivity index (χ2v) is 6.88. The average molecular weight is 348 g/mol. The molecule has 0 unspecified atom stereocenters. The summed E-state index contributed by atoms with van der Waals surface area (Å²) in [6, 6.07) is 5.69. The van der Waals surface area contributed by atoms with Crippen LogP contribution in [0.15, 0.2) is 18.2 Å². The van der Waals surface area contributed by atoms with Gasteiger partial charge in [0.2, 0.25) is 5.91 Å². The molecule has 2 aromatic rings. The highest BCUT2D eigenvalue weighted by Gasteiger charge is 2.21. The molecule has 0 saturated carbocycles. The number of nitrogens with one attached hydrogen (secondary N) is 1. The third kappa shape index (κ3) is 3.82. The maximum Gasteiger partial charge on any atom is 0.337 e. The van der Waals surface area contributed by atoms with Gasteiger partial charge in [-0.15, -0.1) is 0 Å².